The van der Waals surface area contributed by atoms with Crippen LogP contribution < -0.4 is 0 Å². The van der Waals surface area contributed by atoms with E-state index in [1.54, 1.807) is 12.1 Å². The Balaban J connectivity index is 1.36. The number of thiophene rings is 1. The molecule has 1 aliphatic heterocycles. The number of nitrogens with zero attached hydrogens (tertiary/aromatic N) is 2. The first kappa shape index (κ1) is 21.8. The quantitative estimate of drug-likeness (QED) is 0.377. The van der Waals surface area contributed by atoms with Gasteiger partial charge in [0.1, 0.15) is 6.10 Å². The van der Waals surface area contributed by atoms with Crippen molar-refractivity contribution in [1.29, 1.82) is 0 Å². The summed E-state index contributed by atoms with van der Waals surface area (Å²) in [6, 6.07) is 20.6. The van der Waals surface area contributed by atoms with E-state index < -0.39 is 0 Å². The van der Waals surface area contributed by atoms with Gasteiger partial charge in [0.25, 0.3) is 0 Å². The highest BCUT2D eigenvalue weighted by molar-refractivity contribution is 7.18. The van der Waals surface area contributed by atoms with E-state index in [1.807, 2.05) is 0 Å². The lowest BCUT2D eigenvalue weighted by Gasteiger charge is -2.10. The van der Waals surface area contributed by atoms with Gasteiger partial charge in [0.05, 0.1) is 14.9 Å². The highest BCUT2D eigenvalue weighted by Gasteiger charge is 2.23. The molecule has 0 saturated heterocycles. The molecule has 4 rings (SSSR count). The first-order valence-corrected chi connectivity index (χ1v) is 11.5. The van der Waals surface area contributed by atoms with Crippen LogP contribution in [-0.4, -0.2) is 36.6 Å². The average Bonchev–Trinajstić information content (AvgIpc) is 3.41. The summed E-state index contributed by atoms with van der Waals surface area (Å²) in [6.07, 6.45) is 1.73. The van der Waals surface area contributed by atoms with Crippen molar-refractivity contribution in [2.75, 3.05) is 14.1 Å². The number of halogens is 1. The smallest absolute Gasteiger partial charge is 0.172 e. The molecule has 4 nitrogen and oxygen atoms in total. The number of Topliss-reactive ketones (excluding diaryl/α,β-unsaturated/α-hetero) is 1. The van der Waals surface area contributed by atoms with E-state index in [0.717, 1.165) is 23.4 Å². The third-order valence-corrected chi connectivity index (χ3v) is 6.53. The molecule has 0 radical (unpaired) electrons. The second-order valence-corrected chi connectivity index (χ2v) is 9.77. The normalized spacial score (nSPS) is 15.7. The first-order valence-electron chi connectivity index (χ1n) is 10.3. The Bertz CT molecular complexity index is 1090. The number of benzene rings is 2. The standard InChI is InChI=1S/C25H25ClN2O2S/c1-28(2)16-17-6-8-18(9-7-17)19-4-3-5-20(14-19)22-15-21(30-27-22)10-11-23(29)24-12-13-25(26)31-24/h3-9,12-14,21H,10-11,15-16H2,1-2H3. The minimum absolute atomic E-state index is 0.0663. The molecule has 1 atom stereocenters. The van der Waals surface area contributed by atoms with Crippen molar-refractivity contribution in [2.45, 2.75) is 31.9 Å². The summed E-state index contributed by atoms with van der Waals surface area (Å²) in [7, 11) is 4.14. The summed E-state index contributed by atoms with van der Waals surface area (Å²) in [6.45, 7) is 0.928. The maximum atomic E-state index is 12.3. The molecule has 0 spiro atoms. The van der Waals surface area contributed by atoms with E-state index >= 15 is 0 Å². The van der Waals surface area contributed by atoms with Crippen LogP contribution >= 0.6 is 22.9 Å². The van der Waals surface area contributed by atoms with Crippen LogP contribution in [0.3, 0.4) is 0 Å². The van der Waals surface area contributed by atoms with Crippen LogP contribution in [0.1, 0.15) is 40.1 Å². The molecule has 0 fully saturated rings. The molecule has 0 aliphatic carbocycles. The van der Waals surface area contributed by atoms with E-state index in [2.05, 4.69) is 72.7 Å². The van der Waals surface area contributed by atoms with Crippen LogP contribution in [0.5, 0.6) is 0 Å². The molecule has 1 unspecified atom stereocenters. The number of rotatable bonds is 8. The van der Waals surface area contributed by atoms with Crippen LogP contribution in [0.4, 0.5) is 0 Å². The molecule has 0 N–H and O–H groups in total. The third kappa shape index (κ3) is 5.62. The number of hydrogen-bond donors (Lipinski definition) is 0. The zero-order valence-corrected chi connectivity index (χ0v) is 19.2. The topological polar surface area (TPSA) is 41.9 Å². The summed E-state index contributed by atoms with van der Waals surface area (Å²) in [5.74, 6) is 0.105. The predicted octanol–water partition coefficient (Wildman–Crippen LogP) is 6.29. The summed E-state index contributed by atoms with van der Waals surface area (Å²) >= 11 is 7.25. The van der Waals surface area contributed by atoms with Gasteiger partial charge in [-0.05, 0) is 55.4 Å². The van der Waals surface area contributed by atoms with Crippen LogP contribution in [0.2, 0.25) is 4.34 Å². The lowest BCUT2D eigenvalue weighted by molar-refractivity contribution is 0.0720. The fourth-order valence-electron chi connectivity index (χ4n) is 3.68. The Morgan fingerprint density at radius 1 is 1.10 bits per heavy atom. The molecular weight excluding hydrogens is 428 g/mol. The summed E-state index contributed by atoms with van der Waals surface area (Å²) in [4.78, 5) is 20.8. The minimum Gasteiger partial charge on any atom is -0.392 e. The van der Waals surface area contributed by atoms with E-state index in [0.29, 0.717) is 28.5 Å². The molecule has 2 heterocycles. The molecular formula is C25H25ClN2O2S. The minimum atomic E-state index is -0.0663. The molecule has 1 aliphatic rings. The average molecular weight is 453 g/mol. The van der Waals surface area contributed by atoms with E-state index in [9.17, 15) is 4.79 Å². The lowest BCUT2D eigenvalue weighted by atomic mass is 9.97. The van der Waals surface area contributed by atoms with Crippen molar-refractivity contribution < 1.29 is 9.63 Å². The van der Waals surface area contributed by atoms with E-state index in [-0.39, 0.29) is 11.9 Å². The molecule has 1 aromatic heterocycles. The molecule has 0 amide bonds. The summed E-state index contributed by atoms with van der Waals surface area (Å²) in [5.41, 5.74) is 5.63. The SMILES string of the molecule is CN(C)Cc1ccc(-c2cccc(C3=NOC(CCC(=O)c4ccc(Cl)s4)C3)c2)cc1. The summed E-state index contributed by atoms with van der Waals surface area (Å²) < 4.78 is 0.637. The van der Waals surface area contributed by atoms with Crippen molar-refractivity contribution in [1.82, 2.24) is 4.90 Å². The second kappa shape index (κ2) is 9.77. The number of ketones is 1. The van der Waals surface area contributed by atoms with Gasteiger partial charge in [-0.15, -0.1) is 11.3 Å². The highest BCUT2D eigenvalue weighted by Crippen LogP contribution is 2.27. The number of oxime groups is 1. The number of hydrogen-bond acceptors (Lipinski definition) is 5. The second-order valence-electron chi connectivity index (χ2n) is 8.05. The van der Waals surface area contributed by atoms with Gasteiger partial charge in [-0.3, -0.25) is 4.79 Å². The van der Waals surface area contributed by atoms with Crippen LogP contribution in [0, 0.1) is 0 Å². The van der Waals surface area contributed by atoms with Gasteiger partial charge < -0.3 is 9.74 Å². The van der Waals surface area contributed by atoms with Gasteiger partial charge >= 0.3 is 0 Å². The Hall–Kier alpha value is -2.47. The van der Waals surface area contributed by atoms with Gasteiger partial charge in [-0.25, -0.2) is 0 Å². The van der Waals surface area contributed by atoms with Gasteiger partial charge in [0.2, 0.25) is 0 Å². The van der Waals surface area contributed by atoms with Crippen molar-refractivity contribution >= 4 is 34.4 Å². The van der Waals surface area contributed by atoms with Gasteiger partial charge in [0, 0.05) is 24.9 Å². The fraction of sp³-hybridized carbons (Fsp3) is 0.280. The molecule has 160 valence electrons. The van der Waals surface area contributed by atoms with Crippen molar-refractivity contribution in [2.24, 2.45) is 5.16 Å². The van der Waals surface area contributed by atoms with Crippen LogP contribution in [0.25, 0.3) is 11.1 Å². The Morgan fingerprint density at radius 2 is 1.87 bits per heavy atom. The molecule has 0 bridgehead atoms. The fourth-order valence-corrected chi connectivity index (χ4v) is 4.69. The third-order valence-electron chi connectivity index (χ3n) is 5.26. The number of carbonyl (C=O) groups excluding carboxylic acids is 1. The predicted molar refractivity (Wildman–Crippen MR) is 128 cm³/mol. The zero-order valence-electron chi connectivity index (χ0n) is 17.7. The van der Waals surface area contributed by atoms with Crippen molar-refractivity contribution in [3.05, 3.63) is 81.0 Å². The Morgan fingerprint density at radius 3 is 2.58 bits per heavy atom. The van der Waals surface area contributed by atoms with Gasteiger partial charge in [0.15, 0.2) is 5.78 Å². The maximum Gasteiger partial charge on any atom is 0.172 e. The number of carbonyl (C=O) groups is 1. The first-order chi connectivity index (χ1) is 15.0. The van der Waals surface area contributed by atoms with E-state index in [4.69, 9.17) is 16.4 Å². The summed E-state index contributed by atoms with van der Waals surface area (Å²) in [5, 5.41) is 4.31. The Labute approximate surface area is 192 Å². The van der Waals surface area contributed by atoms with Crippen molar-refractivity contribution in [3.8, 4) is 11.1 Å². The molecule has 3 aromatic rings. The maximum absolute atomic E-state index is 12.3. The lowest BCUT2D eigenvalue weighted by Crippen LogP contribution is -2.11. The monoisotopic (exact) mass is 452 g/mol. The van der Waals surface area contributed by atoms with Crippen LogP contribution in [0.15, 0.2) is 65.8 Å². The van der Waals surface area contributed by atoms with Gasteiger partial charge in [-0.2, -0.15) is 0 Å². The molecule has 2 aromatic carbocycles. The molecule has 0 saturated carbocycles. The van der Waals surface area contributed by atoms with Crippen LogP contribution in [-0.2, 0) is 11.4 Å². The Kier molecular flexibility index (Phi) is 6.86. The van der Waals surface area contributed by atoms with E-state index in [1.165, 1.54) is 22.5 Å². The highest BCUT2D eigenvalue weighted by atomic mass is 35.5. The molecule has 6 heteroatoms. The molecule has 31 heavy (non-hydrogen) atoms. The largest absolute Gasteiger partial charge is 0.392 e. The zero-order chi connectivity index (χ0) is 21.8. The van der Waals surface area contributed by atoms with Gasteiger partial charge in [-0.1, -0.05) is 59.2 Å². The van der Waals surface area contributed by atoms with Crippen molar-refractivity contribution in [3.63, 3.8) is 0 Å².